The molecule has 0 spiro atoms. The number of hydrogen-bond donors (Lipinski definition) is 3. The Balaban J connectivity index is 2.38. The highest BCUT2D eigenvalue weighted by Crippen LogP contribution is 2.24. The van der Waals surface area contributed by atoms with Gasteiger partial charge in [0.25, 0.3) is 0 Å². The second-order valence-electron chi connectivity index (χ2n) is 4.52. The molecule has 4 nitrogen and oxygen atoms in total. The van der Waals surface area contributed by atoms with E-state index < -0.39 is 0 Å². The first-order valence-corrected chi connectivity index (χ1v) is 7.06. The summed E-state index contributed by atoms with van der Waals surface area (Å²) in [7, 11) is 0. The summed E-state index contributed by atoms with van der Waals surface area (Å²) in [6.07, 6.45) is 4.57. The van der Waals surface area contributed by atoms with Crippen molar-refractivity contribution in [3.63, 3.8) is 0 Å². The van der Waals surface area contributed by atoms with Crippen molar-refractivity contribution < 1.29 is 9.90 Å². The maximum Gasteiger partial charge on any atom is 0.223 e. The number of aliphatic hydroxyl groups excluding tert-OH is 1. The van der Waals surface area contributed by atoms with Crippen LogP contribution in [0, 0.1) is 5.92 Å². The topological polar surface area (TPSA) is 75.3 Å². The highest BCUT2D eigenvalue weighted by molar-refractivity contribution is 7.99. The van der Waals surface area contributed by atoms with Crippen LogP contribution in [-0.4, -0.2) is 41.2 Å². The summed E-state index contributed by atoms with van der Waals surface area (Å²) in [6, 6.07) is 0.185. The Morgan fingerprint density at radius 3 is 2.75 bits per heavy atom. The first-order chi connectivity index (χ1) is 7.58. The maximum absolute atomic E-state index is 11.9. The third-order valence-corrected chi connectivity index (χ3v) is 4.42. The van der Waals surface area contributed by atoms with Gasteiger partial charge in [0.05, 0.1) is 6.61 Å². The highest BCUT2D eigenvalue weighted by atomic mass is 32.2. The van der Waals surface area contributed by atoms with Gasteiger partial charge in [0.1, 0.15) is 0 Å². The molecule has 0 bridgehead atoms. The van der Waals surface area contributed by atoms with Crippen LogP contribution in [0.5, 0.6) is 0 Å². The number of carbonyl (C=O) groups excluding carboxylic acids is 1. The van der Waals surface area contributed by atoms with Crippen molar-refractivity contribution in [3.05, 3.63) is 0 Å². The quantitative estimate of drug-likeness (QED) is 0.654. The molecule has 1 rings (SSSR count). The van der Waals surface area contributed by atoms with E-state index in [0.717, 1.165) is 19.3 Å². The third kappa shape index (κ3) is 3.64. The molecule has 94 valence electrons. The molecule has 1 saturated carbocycles. The lowest BCUT2D eigenvalue weighted by molar-refractivity contribution is -0.125. The average molecular weight is 246 g/mol. The molecule has 0 aromatic carbocycles. The number of nitrogens with one attached hydrogen (secondary N) is 1. The Kier molecular flexibility index (Phi) is 5.58. The summed E-state index contributed by atoms with van der Waals surface area (Å²) in [5.41, 5.74) is 5.78. The lowest BCUT2D eigenvalue weighted by Crippen LogP contribution is -2.43. The normalized spacial score (nSPS) is 28.8. The molecule has 0 aliphatic heterocycles. The van der Waals surface area contributed by atoms with Crippen molar-refractivity contribution >= 4 is 17.7 Å². The minimum absolute atomic E-state index is 0.00400. The molecule has 4 unspecified atom stereocenters. The zero-order chi connectivity index (χ0) is 12.1. The number of amides is 1. The fourth-order valence-electron chi connectivity index (χ4n) is 2.13. The number of carbonyl (C=O) groups is 1. The smallest absolute Gasteiger partial charge is 0.223 e. The van der Waals surface area contributed by atoms with Gasteiger partial charge in [-0.25, -0.2) is 0 Å². The van der Waals surface area contributed by atoms with Crippen molar-refractivity contribution in [3.8, 4) is 0 Å². The molecule has 1 amide bonds. The van der Waals surface area contributed by atoms with Crippen molar-refractivity contribution in [1.82, 2.24) is 5.32 Å². The van der Waals surface area contributed by atoms with E-state index in [1.54, 1.807) is 11.8 Å². The van der Waals surface area contributed by atoms with Gasteiger partial charge < -0.3 is 16.2 Å². The fraction of sp³-hybridized carbons (Fsp3) is 0.909. The molecule has 0 saturated heterocycles. The minimum Gasteiger partial charge on any atom is -0.395 e. The number of hydrogen-bond acceptors (Lipinski definition) is 4. The molecular formula is C11H22N2O2S. The summed E-state index contributed by atoms with van der Waals surface area (Å²) in [4.78, 5) is 11.9. The standard InChI is InChI=1S/C11H22N2O2S/c1-7(10(6-14)16-2)13-11(15)8-3-4-9(12)5-8/h7-10,14H,3-6,12H2,1-2H3,(H,13,15). The lowest BCUT2D eigenvalue weighted by atomic mass is 10.1. The van der Waals surface area contributed by atoms with E-state index >= 15 is 0 Å². The van der Waals surface area contributed by atoms with Crippen LogP contribution in [0.4, 0.5) is 0 Å². The predicted octanol–water partition coefficient (Wildman–Crippen LogP) is 0.342. The number of nitrogens with two attached hydrogens (primary N) is 1. The SMILES string of the molecule is CSC(CO)C(C)NC(=O)C1CCC(N)C1. The van der Waals surface area contributed by atoms with Crippen LogP contribution < -0.4 is 11.1 Å². The fourth-order valence-corrected chi connectivity index (χ4v) is 2.75. The van der Waals surface area contributed by atoms with Gasteiger partial charge in [0, 0.05) is 23.3 Å². The van der Waals surface area contributed by atoms with E-state index in [1.165, 1.54) is 0 Å². The van der Waals surface area contributed by atoms with Crippen LogP contribution in [0.2, 0.25) is 0 Å². The Morgan fingerprint density at radius 1 is 1.62 bits per heavy atom. The zero-order valence-electron chi connectivity index (χ0n) is 9.98. The zero-order valence-corrected chi connectivity index (χ0v) is 10.8. The summed E-state index contributed by atoms with van der Waals surface area (Å²) in [6.45, 7) is 2.02. The molecule has 5 heteroatoms. The Bertz CT molecular complexity index is 234. The molecule has 1 aliphatic rings. The van der Waals surface area contributed by atoms with Crippen LogP contribution in [0.25, 0.3) is 0 Å². The molecule has 1 aliphatic carbocycles. The van der Waals surface area contributed by atoms with Crippen molar-refractivity contribution in [2.75, 3.05) is 12.9 Å². The van der Waals surface area contributed by atoms with Gasteiger partial charge in [-0.1, -0.05) is 0 Å². The summed E-state index contributed by atoms with van der Waals surface area (Å²) in [5, 5.41) is 12.2. The lowest BCUT2D eigenvalue weighted by Gasteiger charge is -2.23. The van der Waals surface area contributed by atoms with Crippen LogP contribution >= 0.6 is 11.8 Å². The molecule has 4 atom stereocenters. The molecule has 4 N–H and O–H groups in total. The second-order valence-corrected chi connectivity index (χ2v) is 5.60. The van der Waals surface area contributed by atoms with Crippen molar-refractivity contribution in [1.29, 1.82) is 0 Å². The van der Waals surface area contributed by atoms with Crippen molar-refractivity contribution in [2.24, 2.45) is 11.7 Å². The Hall–Kier alpha value is -0.260. The van der Waals surface area contributed by atoms with Gasteiger partial charge >= 0.3 is 0 Å². The van der Waals surface area contributed by atoms with Crippen LogP contribution in [0.15, 0.2) is 0 Å². The molecule has 0 aromatic heterocycles. The van der Waals surface area contributed by atoms with E-state index in [0.29, 0.717) is 0 Å². The maximum atomic E-state index is 11.9. The molecule has 0 radical (unpaired) electrons. The van der Waals surface area contributed by atoms with Crippen LogP contribution in [-0.2, 0) is 4.79 Å². The van der Waals surface area contributed by atoms with Gasteiger partial charge in [-0.15, -0.1) is 0 Å². The van der Waals surface area contributed by atoms with E-state index in [1.807, 2.05) is 13.2 Å². The van der Waals surface area contributed by atoms with E-state index in [-0.39, 0.29) is 35.8 Å². The predicted molar refractivity (Wildman–Crippen MR) is 67.3 cm³/mol. The first kappa shape index (κ1) is 13.8. The molecule has 0 aromatic rings. The molecular weight excluding hydrogens is 224 g/mol. The highest BCUT2D eigenvalue weighted by Gasteiger charge is 2.29. The number of rotatable bonds is 5. The van der Waals surface area contributed by atoms with E-state index in [9.17, 15) is 4.79 Å². The second kappa shape index (κ2) is 6.47. The first-order valence-electron chi connectivity index (χ1n) is 5.78. The molecule has 16 heavy (non-hydrogen) atoms. The monoisotopic (exact) mass is 246 g/mol. The Morgan fingerprint density at radius 2 is 2.31 bits per heavy atom. The van der Waals surface area contributed by atoms with Gasteiger partial charge in [0.15, 0.2) is 0 Å². The van der Waals surface area contributed by atoms with Gasteiger partial charge in [-0.2, -0.15) is 11.8 Å². The summed E-state index contributed by atoms with van der Waals surface area (Å²) in [5.74, 6) is 0.159. The minimum atomic E-state index is 0.00400. The summed E-state index contributed by atoms with van der Waals surface area (Å²) < 4.78 is 0. The van der Waals surface area contributed by atoms with Crippen LogP contribution in [0.1, 0.15) is 26.2 Å². The van der Waals surface area contributed by atoms with Gasteiger partial charge in [0.2, 0.25) is 5.91 Å². The molecule has 1 fully saturated rings. The van der Waals surface area contributed by atoms with E-state index in [4.69, 9.17) is 10.8 Å². The van der Waals surface area contributed by atoms with Gasteiger partial charge in [-0.3, -0.25) is 4.79 Å². The number of thioether (sulfide) groups is 1. The van der Waals surface area contributed by atoms with Gasteiger partial charge in [-0.05, 0) is 32.4 Å². The number of aliphatic hydroxyl groups is 1. The Labute approximate surface area is 101 Å². The van der Waals surface area contributed by atoms with E-state index in [2.05, 4.69) is 5.32 Å². The average Bonchev–Trinajstić information content (AvgIpc) is 2.66. The largest absolute Gasteiger partial charge is 0.395 e. The van der Waals surface area contributed by atoms with Crippen molar-refractivity contribution in [2.45, 2.75) is 43.5 Å². The summed E-state index contributed by atoms with van der Waals surface area (Å²) >= 11 is 1.57. The van der Waals surface area contributed by atoms with Crippen LogP contribution in [0.3, 0.4) is 0 Å². The third-order valence-electron chi connectivity index (χ3n) is 3.25. The molecule has 0 heterocycles.